The number of ether oxygens (including phenoxy) is 1. The largest absolute Gasteiger partial charge is 0.480 e. The topological polar surface area (TPSA) is 67.2 Å². The zero-order chi connectivity index (χ0) is 22.5. The maximum atomic E-state index is 10.6. The molecule has 5 nitrogen and oxygen atoms in total. The van der Waals surface area contributed by atoms with Crippen molar-refractivity contribution in [3.63, 3.8) is 0 Å². The summed E-state index contributed by atoms with van der Waals surface area (Å²) in [5.74, 6) is 0.0918. The number of H-pyrrole nitrogens is 1. The normalized spacial score (nSPS) is 18.5. The molecule has 0 spiro atoms. The first-order valence-corrected chi connectivity index (χ1v) is 11.7. The van der Waals surface area contributed by atoms with Gasteiger partial charge < -0.3 is 9.84 Å². The highest BCUT2D eigenvalue weighted by Crippen LogP contribution is 2.35. The van der Waals surface area contributed by atoms with Crippen LogP contribution in [0.2, 0.25) is 0 Å². The molecule has 0 atom stereocenters. The Bertz CT molecular complexity index is 1090. The van der Waals surface area contributed by atoms with Crippen LogP contribution in [0.25, 0.3) is 22.4 Å². The van der Waals surface area contributed by atoms with E-state index in [1.807, 2.05) is 18.2 Å². The van der Waals surface area contributed by atoms with Crippen LogP contribution in [0.5, 0.6) is 0 Å². The van der Waals surface area contributed by atoms with Gasteiger partial charge in [0.2, 0.25) is 0 Å². The molecule has 2 N–H and O–H groups in total. The Morgan fingerprint density at radius 3 is 2.34 bits per heavy atom. The first-order valence-electron chi connectivity index (χ1n) is 11.3. The zero-order valence-electron chi connectivity index (χ0n) is 18.4. The van der Waals surface area contributed by atoms with Gasteiger partial charge >= 0.3 is 5.97 Å². The van der Waals surface area contributed by atoms with Gasteiger partial charge in [-0.1, -0.05) is 72.4 Å². The number of carbonyl (C=O) groups is 1. The van der Waals surface area contributed by atoms with E-state index in [4.69, 9.17) is 22.1 Å². The van der Waals surface area contributed by atoms with E-state index in [0.29, 0.717) is 18.4 Å². The van der Waals surface area contributed by atoms with Crippen LogP contribution in [-0.4, -0.2) is 34.1 Å². The van der Waals surface area contributed by atoms with Crippen LogP contribution in [0.1, 0.15) is 31.2 Å². The monoisotopic (exact) mass is 450 g/mol. The van der Waals surface area contributed by atoms with E-state index in [2.05, 4.69) is 53.1 Å². The van der Waals surface area contributed by atoms with Crippen LogP contribution >= 0.6 is 12.2 Å². The van der Waals surface area contributed by atoms with Crippen molar-refractivity contribution in [3.8, 4) is 22.4 Å². The van der Waals surface area contributed by atoms with Crippen molar-refractivity contribution in [2.45, 2.75) is 39.2 Å². The van der Waals surface area contributed by atoms with Gasteiger partial charge in [0.15, 0.2) is 0 Å². The van der Waals surface area contributed by atoms with Crippen LogP contribution in [0, 0.1) is 23.4 Å². The number of nitrogens with one attached hydrogen (secondary N) is 1. The van der Waals surface area contributed by atoms with Gasteiger partial charge in [-0.05, 0) is 50.0 Å². The minimum Gasteiger partial charge on any atom is -0.480 e. The first-order chi connectivity index (χ1) is 15.5. The van der Waals surface area contributed by atoms with E-state index in [0.717, 1.165) is 59.3 Å². The number of hydrogen-bond donors (Lipinski definition) is 2. The predicted octanol–water partition coefficient (Wildman–Crippen LogP) is 6.10. The molecule has 1 aliphatic carbocycles. The lowest BCUT2D eigenvalue weighted by atomic mass is 9.82. The molecule has 1 saturated carbocycles. The molecule has 1 aliphatic rings. The number of carboxylic acid groups (broad SMARTS) is 1. The molecule has 0 amide bonds. The van der Waals surface area contributed by atoms with Crippen LogP contribution in [0.3, 0.4) is 0 Å². The number of benzene rings is 2. The van der Waals surface area contributed by atoms with Gasteiger partial charge in [-0.25, -0.2) is 4.79 Å². The fraction of sp³-hybridized carbons (Fsp3) is 0.385. The second-order valence-electron chi connectivity index (χ2n) is 8.81. The maximum Gasteiger partial charge on any atom is 0.329 e. The number of nitrogens with zero attached hydrogens (tertiary/aromatic N) is 1. The number of aryl methyl sites for hydroxylation is 1. The Kier molecular flexibility index (Phi) is 7.22. The quantitative estimate of drug-likeness (QED) is 0.407. The maximum absolute atomic E-state index is 10.6. The summed E-state index contributed by atoms with van der Waals surface area (Å²) in [6, 6.07) is 18.9. The molecule has 6 heteroatoms. The van der Waals surface area contributed by atoms with Crippen molar-refractivity contribution in [1.82, 2.24) is 9.78 Å². The Labute approximate surface area is 194 Å². The molecule has 168 valence electrons. The Balaban J connectivity index is 1.52. The van der Waals surface area contributed by atoms with E-state index in [1.165, 1.54) is 5.56 Å². The van der Waals surface area contributed by atoms with Gasteiger partial charge in [0.05, 0.1) is 12.3 Å². The van der Waals surface area contributed by atoms with Gasteiger partial charge in [-0.2, -0.15) is 0 Å². The summed E-state index contributed by atoms with van der Waals surface area (Å²) in [6.45, 7) is 3.30. The lowest BCUT2D eigenvalue weighted by molar-refractivity contribution is -0.142. The highest BCUT2D eigenvalue weighted by molar-refractivity contribution is 7.71. The van der Waals surface area contributed by atoms with Crippen molar-refractivity contribution in [3.05, 3.63) is 64.8 Å². The minimum atomic E-state index is -0.904. The lowest BCUT2D eigenvalue weighted by Crippen LogP contribution is -2.23. The number of aromatic nitrogens is 2. The van der Waals surface area contributed by atoms with Crippen LogP contribution in [0.15, 0.2) is 54.6 Å². The van der Waals surface area contributed by atoms with Crippen LogP contribution in [-0.2, 0) is 16.1 Å². The third kappa shape index (κ3) is 5.37. The number of hydrogen-bond acceptors (Lipinski definition) is 3. The number of rotatable bonds is 8. The predicted molar refractivity (Wildman–Crippen MR) is 129 cm³/mol. The third-order valence-electron chi connectivity index (χ3n) is 6.34. The molecular weight excluding hydrogens is 420 g/mol. The summed E-state index contributed by atoms with van der Waals surface area (Å²) in [4.78, 5) is 10.6. The van der Waals surface area contributed by atoms with E-state index >= 15 is 0 Å². The van der Waals surface area contributed by atoms with E-state index in [1.54, 1.807) is 0 Å². The molecule has 1 aromatic heterocycles. The number of aromatic amines is 1. The molecular formula is C26H30N2O3S. The summed E-state index contributed by atoms with van der Waals surface area (Å²) >= 11 is 5.95. The average Bonchev–Trinajstić information content (AvgIpc) is 3.11. The molecule has 4 rings (SSSR count). The van der Waals surface area contributed by atoms with Crippen molar-refractivity contribution < 1.29 is 14.6 Å². The Morgan fingerprint density at radius 2 is 1.69 bits per heavy atom. The van der Waals surface area contributed by atoms with Crippen molar-refractivity contribution in [1.29, 1.82) is 0 Å². The molecule has 3 aromatic rings. The highest BCUT2D eigenvalue weighted by atomic mass is 32.1. The average molecular weight is 451 g/mol. The van der Waals surface area contributed by atoms with Gasteiger partial charge in [-0.15, -0.1) is 0 Å². The molecule has 32 heavy (non-hydrogen) atoms. The smallest absolute Gasteiger partial charge is 0.329 e. The number of aliphatic carboxylic acids is 1. The summed E-state index contributed by atoms with van der Waals surface area (Å²) in [6.07, 6.45) is 4.33. The standard InChI is InChI=1S/C26H30N2O3S/c1-18-7-13-22(14-8-18)25-24(21-5-3-2-4-6-21)26(32)28(27-25)15-19-9-11-20(12-10-19)16-31-17-23(29)30/h2-8,13-14,19-20,27H,9-12,15-17H2,1H3,(H,29,30). The molecule has 0 bridgehead atoms. The fourth-order valence-corrected chi connectivity index (χ4v) is 4.91. The Morgan fingerprint density at radius 1 is 1.03 bits per heavy atom. The van der Waals surface area contributed by atoms with Crippen LogP contribution in [0.4, 0.5) is 0 Å². The summed E-state index contributed by atoms with van der Waals surface area (Å²) in [5.41, 5.74) is 5.65. The van der Waals surface area contributed by atoms with Gasteiger partial charge in [0, 0.05) is 17.7 Å². The molecule has 2 aromatic carbocycles. The Hall–Kier alpha value is -2.70. The van der Waals surface area contributed by atoms with Gasteiger partial charge in [0.25, 0.3) is 0 Å². The lowest BCUT2D eigenvalue weighted by Gasteiger charge is -2.28. The molecule has 0 unspecified atom stereocenters. The minimum absolute atomic E-state index is 0.207. The number of carboxylic acids is 1. The van der Waals surface area contributed by atoms with Crippen LogP contribution < -0.4 is 0 Å². The summed E-state index contributed by atoms with van der Waals surface area (Å²) in [5, 5.41) is 12.3. The van der Waals surface area contributed by atoms with Crippen molar-refractivity contribution in [2.24, 2.45) is 11.8 Å². The second kappa shape index (κ2) is 10.3. The molecule has 0 radical (unpaired) electrons. The SMILES string of the molecule is Cc1ccc(-c2[nH]n(CC3CCC(COCC(=O)O)CC3)c(=S)c2-c2ccccc2)cc1. The zero-order valence-corrected chi connectivity index (χ0v) is 19.2. The molecule has 1 heterocycles. The second-order valence-corrected chi connectivity index (χ2v) is 9.19. The van der Waals surface area contributed by atoms with E-state index in [-0.39, 0.29) is 6.61 Å². The summed E-state index contributed by atoms with van der Waals surface area (Å²) in [7, 11) is 0. The van der Waals surface area contributed by atoms with E-state index in [9.17, 15) is 4.79 Å². The third-order valence-corrected chi connectivity index (χ3v) is 6.77. The van der Waals surface area contributed by atoms with Gasteiger partial charge in [0.1, 0.15) is 11.2 Å². The first kappa shape index (κ1) is 22.5. The van der Waals surface area contributed by atoms with Gasteiger partial charge in [-0.3, -0.25) is 9.78 Å². The van der Waals surface area contributed by atoms with E-state index < -0.39 is 5.97 Å². The highest BCUT2D eigenvalue weighted by Gasteiger charge is 2.23. The fourth-order valence-electron chi connectivity index (χ4n) is 4.57. The van der Waals surface area contributed by atoms with Crippen molar-refractivity contribution in [2.75, 3.05) is 13.2 Å². The van der Waals surface area contributed by atoms with Crippen molar-refractivity contribution >= 4 is 18.2 Å². The molecule has 1 fully saturated rings. The summed E-state index contributed by atoms with van der Waals surface area (Å²) < 4.78 is 8.29. The molecule has 0 aliphatic heterocycles. The molecule has 0 saturated heterocycles.